The molecule has 0 aromatic heterocycles. The molecule has 56 valence electrons. The molecule has 0 spiro atoms. The molecule has 0 N–H and O–H groups in total. The quantitative estimate of drug-likeness (QED) is 0.541. The first kappa shape index (κ1) is 8.95. The molecule has 0 aromatic rings. The standard InChI is InChI=1S/C8H13NO/c1-4-7-8(10)9(5-2)6-3/h4-5H,1-2,6-7H2,3H3. The van der Waals surface area contributed by atoms with Crippen LogP contribution >= 0.6 is 0 Å². The van der Waals surface area contributed by atoms with Gasteiger partial charge in [0.1, 0.15) is 0 Å². The number of amides is 1. The summed E-state index contributed by atoms with van der Waals surface area (Å²) < 4.78 is 0. The molecule has 1 amide bonds. The fourth-order valence-electron chi connectivity index (χ4n) is 0.648. The monoisotopic (exact) mass is 139 g/mol. The third-order valence-electron chi connectivity index (χ3n) is 1.20. The van der Waals surface area contributed by atoms with Gasteiger partial charge in [0.25, 0.3) is 0 Å². The molecule has 2 heteroatoms. The maximum atomic E-state index is 11.0. The second-order valence-electron chi connectivity index (χ2n) is 1.86. The first-order valence-corrected chi connectivity index (χ1v) is 3.29. The minimum atomic E-state index is 0.0486. The molecule has 0 aliphatic rings. The molecule has 0 atom stereocenters. The highest BCUT2D eigenvalue weighted by atomic mass is 16.2. The molecule has 0 heterocycles. The predicted octanol–water partition coefficient (Wildman–Crippen LogP) is 1.55. The highest BCUT2D eigenvalue weighted by Gasteiger charge is 2.03. The highest BCUT2D eigenvalue weighted by Crippen LogP contribution is 1.93. The number of carbonyl (C=O) groups is 1. The van der Waals surface area contributed by atoms with Crippen molar-refractivity contribution in [2.75, 3.05) is 6.54 Å². The van der Waals surface area contributed by atoms with Gasteiger partial charge in [-0.25, -0.2) is 0 Å². The number of hydrogen-bond acceptors (Lipinski definition) is 1. The van der Waals surface area contributed by atoms with Crippen LogP contribution in [-0.2, 0) is 4.79 Å². The number of nitrogens with zero attached hydrogens (tertiary/aromatic N) is 1. The van der Waals surface area contributed by atoms with Gasteiger partial charge >= 0.3 is 0 Å². The Morgan fingerprint density at radius 2 is 2.20 bits per heavy atom. The second kappa shape index (κ2) is 4.79. The van der Waals surface area contributed by atoms with E-state index in [0.29, 0.717) is 13.0 Å². The van der Waals surface area contributed by atoms with Crippen molar-refractivity contribution in [1.29, 1.82) is 0 Å². The van der Waals surface area contributed by atoms with Crippen LogP contribution < -0.4 is 0 Å². The summed E-state index contributed by atoms with van der Waals surface area (Å²) in [6, 6.07) is 0. The second-order valence-corrected chi connectivity index (χ2v) is 1.86. The van der Waals surface area contributed by atoms with Crippen LogP contribution in [0.4, 0.5) is 0 Å². The Morgan fingerprint density at radius 3 is 2.50 bits per heavy atom. The van der Waals surface area contributed by atoms with E-state index in [-0.39, 0.29) is 5.91 Å². The Hall–Kier alpha value is -1.05. The summed E-state index contributed by atoms with van der Waals surface area (Å²) in [5, 5.41) is 0. The Labute approximate surface area is 61.8 Å². The fraction of sp³-hybridized carbons (Fsp3) is 0.375. The van der Waals surface area contributed by atoms with Crippen molar-refractivity contribution >= 4 is 5.91 Å². The lowest BCUT2D eigenvalue weighted by Gasteiger charge is -2.13. The summed E-state index contributed by atoms with van der Waals surface area (Å²) in [6.45, 7) is 9.56. The van der Waals surface area contributed by atoms with Gasteiger partial charge in [-0.15, -0.1) is 6.58 Å². The van der Waals surface area contributed by atoms with E-state index in [4.69, 9.17) is 0 Å². The van der Waals surface area contributed by atoms with E-state index in [1.165, 1.54) is 6.20 Å². The fourth-order valence-corrected chi connectivity index (χ4v) is 0.648. The average Bonchev–Trinajstić information content (AvgIpc) is 1.91. The van der Waals surface area contributed by atoms with Crippen molar-refractivity contribution < 1.29 is 4.79 Å². The van der Waals surface area contributed by atoms with Gasteiger partial charge in [-0.1, -0.05) is 12.7 Å². The van der Waals surface area contributed by atoms with Crippen LogP contribution in [0.1, 0.15) is 13.3 Å². The minimum absolute atomic E-state index is 0.0486. The summed E-state index contributed by atoms with van der Waals surface area (Å²) in [7, 11) is 0. The van der Waals surface area contributed by atoms with E-state index in [1.807, 2.05) is 6.92 Å². The van der Waals surface area contributed by atoms with E-state index >= 15 is 0 Å². The van der Waals surface area contributed by atoms with E-state index in [2.05, 4.69) is 13.2 Å². The molecule has 0 aromatic carbocycles. The maximum Gasteiger partial charge on any atom is 0.230 e. The van der Waals surface area contributed by atoms with Crippen LogP contribution in [0.2, 0.25) is 0 Å². The maximum absolute atomic E-state index is 11.0. The van der Waals surface area contributed by atoms with Gasteiger partial charge in [0, 0.05) is 13.0 Å². The summed E-state index contributed by atoms with van der Waals surface area (Å²) in [4.78, 5) is 12.5. The van der Waals surface area contributed by atoms with Gasteiger partial charge in [0.15, 0.2) is 0 Å². The van der Waals surface area contributed by atoms with Crippen molar-refractivity contribution in [3.8, 4) is 0 Å². The average molecular weight is 139 g/mol. The Morgan fingerprint density at radius 1 is 1.60 bits per heavy atom. The first-order chi connectivity index (χ1) is 4.76. The van der Waals surface area contributed by atoms with Crippen LogP contribution in [-0.4, -0.2) is 17.4 Å². The van der Waals surface area contributed by atoms with Crippen molar-refractivity contribution in [3.05, 3.63) is 25.4 Å². The largest absolute Gasteiger partial charge is 0.320 e. The molecular weight excluding hydrogens is 126 g/mol. The highest BCUT2D eigenvalue weighted by molar-refractivity contribution is 5.78. The molecule has 0 rings (SSSR count). The summed E-state index contributed by atoms with van der Waals surface area (Å²) in [5.74, 6) is 0.0486. The third kappa shape index (κ3) is 2.49. The van der Waals surface area contributed by atoms with Crippen molar-refractivity contribution in [1.82, 2.24) is 4.90 Å². The molecule has 10 heavy (non-hydrogen) atoms. The Balaban J connectivity index is 3.87. The third-order valence-corrected chi connectivity index (χ3v) is 1.20. The lowest BCUT2D eigenvalue weighted by atomic mass is 10.3. The Kier molecular flexibility index (Phi) is 4.29. The smallest absolute Gasteiger partial charge is 0.230 e. The summed E-state index contributed by atoms with van der Waals surface area (Å²) in [5.41, 5.74) is 0. The molecule has 0 fully saturated rings. The topological polar surface area (TPSA) is 20.3 Å². The number of carbonyl (C=O) groups excluding carboxylic acids is 1. The molecule has 0 saturated carbocycles. The SMILES string of the molecule is C=CCC(=O)N(C=C)CC. The van der Waals surface area contributed by atoms with Crippen molar-refractivity contribution in [2.45, 2.75) is 13.3 Å². The lowest BCUT2D eigenvalue weighted by Crippen LogP contribution is -2.23. The van der Waals surface area contributed by atoms with Crippen molar-refractivity contribution in [3.63, 3.8) is 0 Å². The number of rotatable bonds is 4. The van der Waals surface area contributed by atoms with Crippen molar-refractivity contribution in [2.24, 2.45) is 0 Å². The Bertz CT molecular complexity index is 140. The molecule has 0 unspecified atom stereocenters. The van der Waals surface area contributed by atoms with E-state index < -0.39 is 0 Å². The molecule has 0 aliphatic heterocycles. The molecule has 0 bridgehead atoms. The number of hydrogen-bond donors (Lipinski definition) is 0. The predicted molar refractivity (Wildman–Crippen MR) is 42.4 cm³/mol. The van der Waals surface area contributed by atoms with Gasteiger partial charge in [0.05, 0.1) is 0 Å². The van der Waals surface area contributed by atoms with Crippen LogP contribution in [0.25, 0.3) is 0 Å². The molecular formula is C8H13NO. The minimum Gasteiger partial charge on any atom is -0.320 e. The first-order valence-electron chi connectivity index (χ1n) is 3.29. The van der Waals surface area contributed by atoms with Crippen LogP contribution in [0.15, 0.2) is 25.4 Å². The van der Waals surface area contributed by atoms with Gasteiger partial charge in [-0.05, 0) is 13.1 Å². The summed E-state index contributed by atoms with van der Waals surface area (Å²) >= 11 is 0. The zero-order chi connectivity index (χ0) is 7.98. The molecule has 2 nitrogen and oxygen atoms in total. The van der Waals surface area contributed by atoms with E-state index in [9.17, 15) is 4.79 Å². The van der Waals surface area contributed by atoms with Crippen LogP contribution in [0.5, 0.6) is 0 Å². The zero-order valence-corrected chi connectivity index (χ0v) is 6.34. The van der Waals surface area contributed by atoms with Crippen LogP contribution in [0.3, 0.4) is 0 Å². The van der Waals surface area contributed by atoms with Gasteiger partial charge in [0.2, 0.25) is 5.91 Å². The molecule has 0 radical (unpaired) electrons. The molecule has 0 aliphatic carbocycles. The normalized spacial score (nSPS) is 8.50. The van der Waals surface area contributed by atoms with E-state index in [1.54, 1.807) is 11.0 Å². The van der Waals surface area contributed by atoms with Gasteiger partial charge in [-0.3, -0.25) is 4.79 Å². The van der Waals surface area contributed by atoms with Gasteiger partial charge < -0.3 is 4.90 Å². The van der Waals surface area contributed by atoms with Crippen LogP contribution in [0, 0.1) is 0 Å². The molecule has 0 saturated heterocycles. The van der Waals surface area contributed by atoms with Gasteiger partial charge in [-0.2, -0.15) is 0 Å². The lowest BCUT2D eigenvalue weighted by molar-refractivity contribution is -0.127. The summed E-state index contributed by atoms with van der Waals surface area (Å²) in [6.07, 6.45) is 3.51. The van der Waals surface area contributed by atoms with E-state index in [0.717, 1.165) is 0 Å². The zero-order valence-electron chi connectivity index (χ0n) is 6.34.